The molecule has 3 heteroatoms. The average Bonchev–Trinajstić information content (AvgIpc) is 1.41. The van der Waals surface area contributed by atoms with E-state index in [9.17, 15) is 0 Å². The molecule has 0 aromatic heterocycles. The molecule has 0 radical (unpaired) electrons. The molecule has 1 N–H and O–H groups in total. The summed E-state index contributed by atoms with van der Waals surface area (Å²) < 4.78 is 4.44. The van der Waals surface area contributed by atoms with Gasteiger partial charge in [0.05, 0.1) is 13.2 Å². The number of ether oxygens (including phenoxy) is 1. The van der Waals surface area contributed by atoms with Crippen molar-refractivity contribution in [3.63, 3.8) is 0 Å². The maximum absolute atomic E-state index is 7.94. The van der Waals surface area contributed by atoms with Crippen molar-refractivity contribution in [3.05, 3.63) is 0 Å². The fraction of sp³-hybridized carbons (Fsp3) is 1.00. The van der Waals surface area contributed by atoms with Gasteiger partial charge in [0, 0.05) is 7.11 Å². The number of aliphatic hydroxyl groups excluding tert-OH is 1. The molecule has 0 aliphatic carbocycles. The molecule has 0 heterocycles. The summed E-state index contributed by atoms with van der Waals surface area (Å²) in [6, 6.07) is 0. The zero-order valence-electron chi connectivity index (χ0n) is 3.27. The predicted molar refractivity (Wildman–Crippen MR) is 27.5 cm³/mol. The van der Waals surface area contributed by atoms with E-state index in [-0.39, 0.29) is 52.1 Å². The van der Waals surface area contributed by atoms with E-state index in [4.69, 9.17) is 5.11 Å². The average molecular weight is 166 g/mol. The first-order chi connectivity index (χ1) is 2.41. The second-order valence-electron chi connectivity index (χ2n) is 0.716. The summed E-state index contributed by atoms with van der Waals surface area (Å²) in [7, 11) is 1.55. The SMILES string of the molecule is COCCO.[SrH2]. The van der Waals surface area contributed by atoms with Gasteiger partial charge in [0.2, 0.25) is 0 Å². The number of hydrogen-bond donors (Lipinski definition) is 1. The Morgan fingerprint density at radius 1 is 1.67 bits per heavy atom. The number of aliphatic hydroxyl groups is 1. The molecule has 0 amide bonds. The first-order valence-corrected chi connectivity index (χ1v) is 1.51. The molecule has 0 bridgehead atoms. The third kappa shape index (κ3) is 9.04. The Morgan fingerprint density at radius 3 is 2.17 bits per heavy atom. The van der Waals surface area contributed by atoms with Gasteiger partial charge in [-0.1, -0.05) is 0 Å². The second kappa shape index (κ2) is 9.64. The van der Waals surface area contributed by atoms with Gasteiger partial charge in [-0.25, -0.2) is 0 Å². The zero-order chi connectivity index (χ0) is 4.12. The molecule has 0 atom stereocenters. The van der Waals surface area contributed by atoms with Crippen molar-refractivity contribution in [2.75, 3.05) is 20.3 Å². The van der Waals surface area contributed by atoms with Crippen LogP contribution >= 0.6 is 0 Å². The molecule has 0 unspecified atom stereocenters. The summed E-state index contributed by atoms with van der Waals surface area (Å²) in [4.78, 5) is 0. The summed E-state index contributed by atoms with van der Waals surface area (Å²) in [5.74, 6) is 0. The van der Waals surface area contributed by atoms with Crippen molar-refractivity contribution in [1.29, 1.82) is 0 Å². The van der Waals surface area contributed by atoms with E-state index in [0.29, 0.717) is 6.61 Å². The molecule has 0 fully saturated rings. The van der Waals surface area contributed by atoms with Crippen LogP contribution in [-0.4, -0.2) is 70.9 Å². The van der Waals surface area contributed by atoms with Gasteiger partial charge in [-0.15, -0.1) is 0 Å². The fourth-order valence-corrected chi connectivity index (χ4v) is 0.0913. The molecular weight excluding hydrogens is 156 g/mol. The van der Waals surface area contributed by atoms with Crippen LogP contribution in [0.4, 0.5) is 0 Å². The molecule has 2 nitrogen and oxygen atoms in total. The van der Waals surface area contributed by atoms with Crippen LogP contribution in [-0.2, 0) is 4.74 Å². The molecule has 36 valence electrons. The van der Waals surface area contributed by atoms with Crippen LogP contribution in [0.15, 0.2) is 0 Å². The normalized spacial score (nSPS) is 7.00. The van der Waals surface area contributed by atoms with E-state index >= 15 is 0 Å². The molecule has 0 saturated heterocycles. The summed E-state index contributed by atoms with van der Waals surface area (Å²) >= 11 is 0. The third-order valence-corrected chi connectivity index (χ3v) is 0.295. The van der Waals surface area contributed by atoms with Crippen LogP contribution in [0.3, 0.4) is 0 Å². The van der Waals surface area contributed by atoms with Gasteiger partial charge in [0.25, 0.3) is 0 Å². The molecule has 0 rings (SSSR count). The van der Waals surface area contributed by atoms with Gasteiger partial charge in [0.1, 0.15) is 0 Å². The third-order valence-electron chi connectivity index (χ3n) is 0.295. The van der Waals surface area contributed by atoms with E-state index in [1.165, 1.54) is 0 Å². The van der Waals surface area contributed by atoms with E-state index in [1.807, 2.05) is 0 Å². The first-order valence-electron chi connectivity index (χ1n) is 1.51. The van der Waals surface area contributed by atoms with Crippen LogP contribution < -0.4 is 0 Å². The summed E-state index contributed by atoms with van der Waals surface area (Å²) in [6.07, 6.45) is 0. The van der Waals surface area contributed by atoms with Crippen molar-refractivity contribution in [1.82, 2.24) is 0 Å². The first kappa shape index (κ1) is 10.4. The molecular formula is C3H10O2Sr. The van der Waals surface area contributed by atoms with Gasteiger partial charge in [-0.2, -0.15) is 0 Å². The minimum atomic E-state index is 0. The Morgan fingerprint density at radius 2 is 2.17 bits per heavy atom. The molecule has 6 heavy (non-hydrogen) atoms. The molecule has 0 spiro atoms. The fourth-order valence-electron chi connectivity index (χ4n) is 0.0913. The Labute approximate surface area is 74.8 Å². The summed E-state index contributed by atoms with van der Waals surface area (Å²) in [5.41, 5.74) is 0. The van der Waals surface area contributed by atoms with Crippen LogP contribution in [0.1, 0.15) is 0 Å². The van der Waals surface area contributed by atoms with Crippen molar-refractivity contribution in [3.8, 4) is 0 Å². The zero-order valence-corrected chi connectivity index (χ0v) is 3.27. The second-order valence-corrected chi connectivity index (χ2v) is 0.716. The number of methoxy groups -OCH3 is 1. The quantitative estimate of drug-likeness (QED) is 0.517. The Bertz CT molecular complexity index is 16.3. The molecule has 0 aromatic rings. The minimum absolute atomic E-state index is 0. The Hall–Kier alpha value is 1.40. The van der Waals surface area contributed by atoms with Crippen LogP contribution in [0.5, 0.6) is 0 Å². The molecule has 0 aliphatic rings. The van der Waals surface area contributed by atoms with E-state index < -0.39 is 0 Å². The van der Waals surface area contributed by atoms with Gasteiger partial charge >= 0.3 is 45.5 Å². The van der Waals surface area contributed by atoms with Gasteiger partial charge < -0.3 is 9.84 Å². The van der Waals surface area contributed by atoms with E-state index in [2.05, 4.69) is 4.74 Å². The van der Waals surface area contributed by atoms with Crippen molar-refractivity contribution in [2.45, 2.75) is 0 Å². The van der Waals surface area contributed by atoms with Crippen molar-refractivity contribution in [2.24, 2.45) is 0 Å². The monoisotopic (exact) mass is 166 g/mol. The summed E-state index contributed by atoms with van der Waals surface area (Å²) in [6.45, 7) is 0.566. The topological polar surface area (TPSA) is 29.5 Å². The predicted octanol–water partition coefficient (Wildman–Crippen LogP) is -1.29. The van der Waals surface area contributed by atoms with Gasteiger partial charge in [-0.3, -0.25) is 0 Å². The number of rotatable bonds is 2. The maximum atomic E-state index is 7.94. The Kier molecular flexibility index (Phi) is 16.7. The van der Waals surface area contributed by atoms with Crippen LogP contribution in [0.25, 0.3) is 0 Å². The molecule has 0 aromatic carbocycles. The van der Waals surface area contributed by atoms with E-state index in [0.717, 1.165) is 0 Å². The van der Waals surface area contributed by atoms with Crippen molar-refractivity contribution >= 4 is 45.5 Å². The van der Waals surface area contributed by atoms with Crippen LogP contribution in [0.2, 0.25) is 0 Å². The van der Waals surface area contributed by atoms with Gasteiger partial charge in [0.15, 0.2) is 0 Å². The Balaban J connectivity index is 0. The standard InChI is InChI=1S/C3H8O2.Sr.2H/c1-5-3-2-4;;;/h4H,2-3H2,1H3;;;. The summed E-state index contributed by atoms with van der Waals surface area (Å²) in [5, 5.41) is 7.94. The van der Waals surface area contributed by atoms with Gasteiger partial charge in [-0.05, 0) is 0 Å². The van der Waals surface area contributed by atoms with E-state index in [1.54, 1.807) is 7.11 Å². The molecule has 0 saturated carbocycles. The molecule has 0 aliphatic heterocycles. The van der Waals surface area contributed by atoms with Crippen molar-refractivity contribution < 1.29 is 9.84 Å². The van der Waals surface area contributed by atoms with Crippen LogP contribution in [0, 0.1) is 0 Å². The number of hydrogen-bond acceptors (Lipinski definition) is 2.